The van der Waals surface area contributed by atoms with Crippen LogP contribution >= 0.6 is 11.6 Å². The molecule has 0 spiro atoms. The lowest BCUT2D eigenvalue weighted by atomic mass is 9.94. The Bertz CT molecular complexity index is 640. The van der Waals surface area contributed by atoms with Gasteiger partial charge in [-0.05, 0) is 26.2 Å². The molecule has 0 saturated carbocycles. The van der Waals surface area contributed by atoms with Gasteiger partial charge in [0.25, 0.3) is 0 Å². The van der Waals surface area contributed by atoms with Crippen LogP contribution in [0.3, 0.4) is 0 Å². The molecule has 3 rings (SSSR count). The molecule has 1 saturated heterocycles. The van der Waals surface area contributed by atoms with Crippen LogP contribution in [0.5, 0.6) is 0 Å². The van der Waals surface area contributed by atoms with Gasteiger partial charge >= 0.3 is 0 Å². The predicted octanol–water partition coefficient (Wildman–Crippen LogP) is 2.64. The average molecular weight is 311 g/mol. The van der Waals surface area contributed by atoms with Crippen LogP contribution in [0.1, 0.15) is 38.2 Å². The molecule has 1 unspecified atom stereocenters. The Labute approximate surface area is 130 Å². The molecule has 1 aliphatic heterocycles. The van der Waals surface area contributed by atoms with E-state index in [0.717, 1.165) is 61.6 Å². The summed E-state index contributed by atoms with van der Waals surface area (Å²) >= 11 is 5.99. The number of fused-ring (bicyclic) bond motifs is 1. The first kappa shape index (κ1) is 14.9. The Morgan fingerprint density at radius 3 is 2.86 bits per heavy atom. The molecule has 1 fully saturated rings. The first-order chi connectivity index (χ1) is 10.1. The second-order valence-corrected chi connectivity index (χ2v) is 6.43. The van der Waals surface area contributed by atoms with Crippen LogP contribution in [-0.2, 0) is 30.2 Å². The molecule has 2 aromatic rings. The Morgan fingerprint density at radius 2 is 2.24 bits per heavy atom. The third kappa shape index (κ3) is 2.36. The lowest BCUT2D eigenvalue weighted by molar-refractivity contribution is 0.00973. The maximum Gasteiger partial charge on any atom is 0.159 e. The van der Waals surface area contributed by atoms with Gasteiger partial charge in [0, 0.05) is 26.0 Å². The van der Waals surface area contributed by atoms with Crippen LogP contribution in [0.4, 0.5) is 0 Å². The molecule has 0 amide bonds. The minimum atomic E-state index is -0.0623. The third-order valence-corrected chi connectivity index (χ3v) is 4.57. The van der Waals surface area contributed by atoms with E-state index >= 15 is 0 Å². The van der Waals surface area contributed by atoms with Crippen molar-refractivity contribution in [1.82, 2.24) is 19.3 Å². The molecular formula is C15H23ClN4O. The van der Waals surface area contributed by atoms with Crippen molar-refractivity contribution >= 4 is 22.8 Å². The van der Waals surface area contributed by atoms with Crippen molar-refractivity contribution in [3.8, 4) is 0 Å². The summed E-state index contributed by atoms with van der Waals surface area (Å²) in [7, 11) is 2.00. The van der Waals surface area contributed by atoms with Crippen molar-refractivity contribution in [1.29, 1.82) is 0 Å². The molecule has 5 nitrogen and oxygen atoms in total. The summed E-state index contributed by atoms with van der Waals surface area (Å²) in [6.07, 6.45) is 3.84. The van der Waals surface area contributed by atoms with Gasteiger partial charge in [-0.15, -0.1) is 11.6 Å². The van der Waals surface area contributed by atoms with Gasteiger partial charge in [0.15, 0.2) is 5.65 Å². The number of alkyl halides is 1. The SMILES string of the molecule is CCc1nn(C)c2c1nc(CCCl)n2C1(C)CCCOC1. The molecule has 21 heavy (non-hydrogen) atoms. The smallest absolute Gasteiger partial charge is 0.159 e. The summed E-state index contributed by atoms with van der Waals surface area (Å²) in [4.78, 5) is 4.85. The lowest BCUT2D eigenvalue weighted by Gasteiger charge is -2.36. The number of hydrogen-bond acceptors (Lipinski definition) is 3. The van der Waals surface area contributed by atoms with E-state index in [0.29, 0.717) is 5.88 Å². The topological polar surface area (TPSA) is 44.9 Å². The fourth-order valence-corrected chi connectivity index (χ4v) is 3.55. The number of ether oxygens (including phenoxy) is 1. The van der Waals surface area contributed by atoms with Gasteiger partial charge in [-0.25, -0.2) is 4.98 Å². The summed E-state index contributed by atoms with van der Waals surface area (Å²) in [5.41, 5.74) is 3.11. The van der Waals surface area contributed by atoms with Crippen LogP contribution in [0, 0.1) is 0 Å². The highest BCUT2D eigenvalue weighted by Crippen LogP contribution is 2.33. The number of aromatic nitrogens is 4. The van der Waals surface area contributed by atoms with Crippen LogP contribution in [0.2, 0.25) is 0 Å². The van der Waals surface area contributed by atoms with E-state index in [1.165, 1.54) is 0 Å². The van der Waals surface area contributed by atoms with Gasteiger partial charge in [0.2, 0.25) is 0 Å². The van der Waals surface area contributed by atoms with Gasteiger partial charge < -0.3 is 9.30 Å². The maximum absolute atomic E-state index is 5.99. The Balaban J connectivity index is 2.22. The van der Waals surface area contributed by atoms with E-state index in [1.54, 1.807) is 0 Å². The van der Waals surface area contributed by atoms with Gasteiger partial charge in [-0.2, -0.15) is 5.10 Å². The fourth-order valence-electron chi connectivity index (χ4n) is 3.38. The molecule has 116 valence electrons. The molecule has 3 heterocycles. The Kier molecular flexibility index (Phi) is 3.97. The monoisotopic (exact) mass is 310 g/mol. The number of nitrogens with zero attached hydrogens (tertiary/aromatic N) is 4. The van der Waals surface area contributed by atoms with Crippen LogP contribution in [0.25, 0.3) is 11.2 Å². The van der Waals surface area contributed by atoms with Gasteiger partial charge in [-0.3, -0.25) is 4.68 Å². The highest BCUT2D eigenvalue weighted by Gasteiger charge is 2.34. The molecule has 1 aliphatic rings. The number of rotatable bonds is 4. The zero-order chi connectivity index (χ0) is 15.0. The molecule has 0 bridgehead atoms. The maximum atomic E-state index is 5.99. The minimum absolute atomic E-state index is 0.0623. The predicted molar refractivity (Wildman–Crippen MR) is 84.0 cm³/mol. The van der Waals surface area contributed by atoms with E-state index < -0.39 is 0 Å². The van der Waals surface area contributed by atoms with Crippen molar-refractivity contribution in [2.75, 3.05) is 19.1 Å². The van der Waals surface area contributed by atoms with Crippen LogP contribution in [0.15, 0.2) is 0 Å². The molecule has 0 aliphatic carbocycles. The molecule has 0 N–H and O–H groups in total. The largest absolute Gasteiger partial charge is 0.379 e. The summed E-state index contributed by atoms with van der Waals surface area (Å²) in [5.74, 6) is 1.63. The van der Waals surface area contributed by atoms with Crippen LogP contribution < -0.4 is 0 Å². The quantitative estimate of drug-likeness (QED) is 0.816. The van der Waals surface area contributed by atoms with E-state index in [4.69, 9.17) is 21.3 Å². The zero-order valence-corrected chi connectivity index (χ0v) is 13.8. The standard InChI is InChI=1S/C15H23ClN4O/c1-4-11-13-14(19(3)18-11)20(12(17-13)6-8-16)15(2)7-5-9-21-10-15/h4-10H2,1-3H3. The summed E-state index contributed by atoms with van der Waals surface area (Å²) in [6, 6.07) is 0. The van der Waals surface area contributed by atoms with Gasteiger partial charge in [0.05, 0.1) is 17.8 Å². The highest BCUT2D eigenvalue weighted by atomic mass is 35.5. The molecule has 0 aromatic carbocycles. The number of imidazole rings is 1. The Morgan fingerprint density at radius 1 is 1.43 bits per heavy atom. The van der Waals surface area contributed by atoms with E-state index in [1.807, 2.05) is 11.7 Å². The Hall–Kier alpha value is -1.07. The van der Waals surface area contributed by atoms with Crippen molar-refractivity contribution in [3.63, 3.8) is 0 Å². The van der Waals surface area contributed by atoms with Crippen molar-refractivity contribution in [3.05, 3.63) is 11.5 Å². The van der Waals surface area contributed by atoms with Gasteiger partial charge in [-0.1, -0.05) is 6.92 Å². The number of aryl methyl sites for hydroxylation is 3. The molecule has 0 radical (unpaired) electrons. The summed E-state index contributed by atoms with van der Waals surface area (Å²) in [5, 5.41) is 4.62. The molecular weight excluding hydrogens is 288 g/mol. The molecule has 2 aromatic heterocycles. The summed E-state index contributed by atoms with van der Waals surface area (Å²) in [6.45, 7) is 5.95. The third-order valence-electron chi connectivity index (χ3n) is 4.38. The first-order valence-electron chi connectivity index (χ1n) is 7.68. The number of halogens is 1. The first-order valence-corrected chi connectivity index (χ1v) is 8.21. The van der Waals surface area contributed by atoms with E-state index in [9.17, 15) is 0 Å². The normalized spacial score (nSPS) is 23.0. The zero-order valence-electron chi connectivity index (χ0n) is 13.0. The fraction of sp³-hybridized carbons (Fsp3) is 0.733. The van der Waals surface area contributed by atoms with Crippen molar-refractivity contribution in [2.45, 2.75) is 45.1 Å². The average Bonchev–Trinajstić information content (AvgIpc) is 2.98. The lowest BCUT2D eigenvalue weighted by Crippen LogP contribution is -2.40. The molecule has 1 atom stereocenters. The summed E-state index contributed by atoms with van der Waals surface area (Å²) < 4.78 is 10.0. The highest BCUT2D eigenvalue weighted by molar-refractivity contribution is 6.17. The number of hydrogen-bond donors (Lipinski definition) is 0. The van der Waals surface area contributed by atoms with Crippen LogP contribution in [-0.4, -0.2) is 38.4 Å². The van der Waals surface area contributed by atoms with Gasteiger partial charge in [0.1, 0.15) is 11.3 Å². The minimum Gasteiger partial charge on any atom is -0.379 e. The second kappa shape index (κ2) is 5.61. The second-order valence-electron chi connectivity index (χ2n) is 6.05. The molecule has 6 heteroatoms. The van der Waals surface area contributed by atoms with Crippen molar-refractivity contribution < 1.29 is 4.74 Å². The van der Waals surface area contributed by atoms with Crippen molar-refractivity contribution in [2.24, 2.45) is 7.05 Å². The van der Waals surface area contributed by atoms with E-state index in [-0.39, 0.29) is 5.54 Å². The van der Waals surface area contributed by atoms with E-state index in [2.05, 4.69) is 23.5 Å².